The van der Waals surface area contributed by atoms with E-state index in [4.69, 9.17) is 0 Å². The fourth-order valence-corrected chi connectivity index (χ4v) is 2.97. The molecular weight excluding hydrogens is 254 g/mol. The summed E-state index contributed by atoms with van der Waals surface area (Å²) in [5, 5.41) is 10.7. The first-order valence-electron chi connectivity index (χ1n) is 6.07. The highest BCUT2D eigenvalue weighted by atomic mass is 32.2. The molecule has 19 heavy (non-hydrogen) atoms. The van der Waals surface area contributed by atoms with E-state index in [9.17, 15) is 5.11 Å². The largest absolute Gasteiger partial charge is 0.508 e. The Labute approximate surface area is 116 Å². The van der Waals surface area contributed by atoms with Crippen molar-refractivity contribution >= 4 is 22.7 Å². The molecule has 1 aromatic heterocycles. The standard InChI is InChI=1S/C16H13NOS/c18-13-4-3-5-14(10-13)19-11-12-8-9-17-16-7-2-1-6-15(12)16/h1-10,18H,11H2. The van der Waals surface area contributed by atoms with Gasteiger partial charge in [-0.1, -0.05) is 24.3 Å². The number of aromatic nitrogens is 1. The van der Waals surface area contributed by atoms with Crippen molar-refractivity contribution < 1.29 is 5.11 Å². The fourth-order valence-electron chi connectivity index (χ4n) is 2.02. The van der Waals surface area contributed by atoms with Crippen LogP contribution < -0.4 is 0 Å². The van der Waals surface area contributed by atoms with Crippen LogP contribution in [0.5, 0.6) is 5.75 Å². The van der Waals surface area contributed by atoms with Crippen LogP contribution in [0.25, 0.3) is 10.9 Å². The Morgan fingerprint density at radius 1 is 1.00 bits per heavy atom. The van der Waals surface area contributed by atoms with E-state index in [0.717, 1.165) is 16.2 Å². The van der Waals surface area contributed by atoms with Crippen molar-refractivity contribution in [1.82, 2.24) is 4.98 Å². The summed E-state index contributed by atoms with van der Waals surface area (Å²) in [5.74, 6) is 1.18. The number of hydrogen-bond acceptors (Lipinski definition) is 3. The van der Waals surface area contributed by atoms with E-state index in [-0.39, 0.29) is 0 Å². The highest BCUT2D eigenvalue weighted by Crippen LogP contribution is 2.28. The van der Waals surface area contributed by atoms with E-state index in [2.05, 4.69) is 17.1 Å². The number of para-hydroxylation sites is 1. The highest BCUT2D eigenvalue weighted by Gasteiger charge is 2.02. The van der Waals surface area contributed by atoms with E-state index in [1.807, 2.05) is 36.5 Å². The second kappa shape index (κ2) is 5.33. The van der Waals surface area contributed by atoms with Gasteiger partial charge in [-0.3, -0.25) is 4.98 Å². The number of benzene rings is 2. The lowest BCUT2D eigenvalue weighted by molar-refractivity contribution is 0.474. The summed E-state index contributed by atoms with van der Waals surface area (Å²) in [6, 6.07) is 17.6. The minimum absolute atomic E-state index is 0.310. The van der Waals surface area contributed by atoms with Gasteiger partial charge in [-0.15, -0.1) is 11.8 Å². The van der Waals surface area contributed by atoms with Crippen molar-refractivity contribution in [2.45, 2.75) is 10.6 Å². The van der Waals surface area contributed by atoms with Gasteiger partial charge in [-0.25, -0.2) is 0 Å². The number of fused-ring (bicyclic) bond motifs is 1. The molecule has 0 fully saturated rings. The minimum Gasteiger partial charge on any atom is -0.508 e. The maximum atomic E-state index is 9.46. The fraction of sp³-hybridized carbons (Fsp3) is 0.0625. The van der Waals surface area contributed by atoms with Crippen molar-refractivity contribution in [3.63, 3.8) is 0 Å². The molecule has 0 unspecified atom stereocenters. The molecule has 0 aliphatic heterocycles. The zero-order valence-electron chi connectivity index (χ0n) is 10.3. The Bertz CT molecular complexity index is 706. The van der Waals surface area contributed by atoms with E-state index >= 15 is 0 Å². The number of pyridine rings is 1. The molecular formula is C16H13NOS. The number of nitrogens with zero attached hydrogens (tertiary/aromatic N) is 1. The Balaban J connectivity index is 1.86. The van der Waals surface area contributed by atoms with Gasteiger partial charge in [-0.05, 0) is 35.9 Å². The lowest BCUT2D eigenvalue weighted by Crippen LogP contribution is -1.86. The first kappa shape index (κ1) is 12.1. The molecule has 0 spiro atoms. The average molecular weight is 267 g/mol. The normalized spacial score (nSPS) is 10.7. The van der Waals surface area contributed by atoms with Gasteiger partial charge >= 0.3 is 0 Å². The van der Waals surface area contributed by atoms with Crippen molar-refractivity contribution in [2.75, 3.05) is 0 Å². The number of phenols is 1. The van der Waals surface area contributed by atoms with Gasteiger partial charge in [0.15, 0.2) is 0 Å². The molecule has 0 amide bonds. The molecule has 94 valence electrons. The third-order valence-corrected chi connectivity index (χ3v) is 3.99. The molecule has 0 aliphatic carbocycles. The van der Waals surface area contributed by atoms with E-state index < -0.39 is 0 Å². The molecule has 0 atom stereocenters. The predicted octanol–water partition coefficient (Wildman–Crippen LogP) is 4.23. The Morgan fingerprint density at radius 3 is 2.79 bits per heavy atom. The number of hydrogen-bond donors (Lipinski definition) is 1. The highest BCUT2D eigenvalue weighted by molar-refractivity contribution is 7.98. The van der Waals surface area contributed by atoms with Crippen molar-refractivity contribution in [3.8, 4) is 5.75 Å². The molecule has 0 bridgehead atoms. The summed E-state index contributed by atoms with van der Waals surface area (Å²) in [7, 11) is 0. The van der Waals surface area contributed by atoms with Crippen LogP contribution in [-0.2, 0) is 5.75 Å². The van der Waals surface area contributed by atoms with Gasteiger partial charge in [0.25, 0.3) is 0 Å². The van der Waals surface area contributed by atoms with Crippen LogP contribution >= 0.6 is 11.8 Å². The minimum atomic E-state index is 0.310. The zero-order valence-corrected chi connectivity index (χ0v) is 11.1. The monoisotopic (exact) mass is 267 g/mol. The van der Waals surface area contributed by atoms with Crippen LogP contribution in [0.2, 0.25) is 0 Å². The zero-order chi connectivity index (χ0) is 13.1. The van der Waals surface area contributed by atoms with E-state index in [1.54, 1.807) is 23.9 Å². The maximum Gasteiger partial charge on any atom is 0.116 e. The summed E-state index contributed by atoms with van der Waals surface area (Å²) in [5.41, 5.74) is 2.29. The lowest BCUT2D eigenvalue weighted by atomic mass is 10.1. The summed E-state index contributed by atoms with van der Waals surface area (Å²) in [4.78, 5) is 5.43. The number of phenolic OH excluding ortho intramolecular Hbond substituents is 1. The maximum absolute atomic E-state index is 9.46. The Morgan fingerprint density at radius 2 is 1.89 bits per heavy atom. The average Bonchev–Trinajstić information content (AvgIpc) is 2.45. The molecule has 3 aromatic rings. The molecule has 3 heteroatoms. The smallest absolute Gasteiger partial charge is 0.116 e. The Hall–Kier alpha value is -2.00. The molecule has 1 heterocycles. The first-order valence-corrected chi connectivity index (χ1v) is 7.06. The van der Waals surface area contributed by atoms with Gasteiger partial charge in [-0.2, -0.15) is 0 Å². The van der Waals surface area contributed by atoms with Crippen LogP contribution in [0.15, 0.2) is 65.7 Å². The predicted molar refractivity (Wildman–Crippen MR) is 79.4 cm³/mol. The number of rotatable bonds is 3. The van der Waals surface area contributed by atoms with Gasteiger partial charge in [0.05, 0.1) is 5.52 Å². The summed E-state index contributed by atoms with van der Waals surface area (Å²) < 4.78 is 0. The molecule has 2 nitrogen and oxygen atoms in total. The van der Waals surface area contributed by atoms with Gasteiger partial charge in [0, 0.05) is 22.2 Å². The van der Waals surface area contributed by atoms with Crippen molar-refractivity contribution in [3.05, 3.63) is 66.4 Å². The molecule has 0 aliphatic rings. The summed E-state index contributed by atoms with van der Waals surface area (Å²) >= 11 is 1.71. The SMILES string of the molecule is Oc1cccc(SCc2ccnc3ccccc23)c1. The summed E-state index contributed by atoms with van der Waals surface area (Å²) in [6.07, 6.45) is 1.85. The first-order chi connectivity index (χ1) is 9.33. The quantitative estimate of drug-likeness (QED) is 0.721. The molecule has 0 saturated carbocycles. The van der Waals surface area contributed by atoms with Crippen LogP contribution in [0, 0.1) is 0 Å². The molecule has 0 saturated heterocycles. The van der Waals surface area contributed by atoms with E-state index in [0.29, 0.717) is 5.75 Å². The van der Waals surface area contributed by atoms with Gasteiger partial charge in [0.1, 0.15) is 5.75 Å². The third-order valence-electron chi connectivity index (χ3n) is 2.95. The summed E-state index contributed by atoms with van der Waals surface area (Å²) in [6.45, 7) is 0. The second-order valence-corrected chi connectivity index (χ2v) is 5.32. The topological polar surface area (TPSA) is 33.1 Å². The van der Waals surface area contributed by atoms with Gasteiger partial charge in [0.2, 0.25) is 0 Å². The third kappa shape index (κ3) is 2.71. The Kier molecular flexibility index (Phi) is 3.38. The van der Waals surface area contributed by atoms with Crippen molar-refractivity contribution in [1.29, 1.82) is 0 Å². The number of thioether (sulfide) groups is 1. The molecule has 3 rings (SSSR count). The van der Waals surface area contributed by atoms with Crippen LogP contribution in [0.4, 0.5) is 0 Å². The van der Waals surface area contributed by atoms with Gasteiger partial charge < -0.3 is 5.11 Å². The van der Waals surface area contributed by atoms with Crippen LogP contribution in [0.3, 0.4) is 0 Å². The lowest BCUT2D eigenvalue weighted by Gasteiger charge is -2.06. The molecule has 1 N–H and O–H groups in total. The van der Waals surface area contributed by atoms with Crippen LogP contribution in [0.1, 0.15) is 5.56 Å². The van der Waals surface area contributed by atoms with Crippen molar-refractivity contribution in [2.24, 2.45) is 0 Å². The molecule has 0 radical (unpaired) electrons. The second-order valence-electron chi connectivity index (χ2n) is 4.27. The number of aromatic hydroxyl groups is 1. The van der Waals surface area contributed by atoms with Crippen LogP contribution in [-0.4, -0.2) is 10.1 Å². The molecule has 2 aromatic carbocycles. The van der Waals surface area contributed by atoms with E-state index in [1.165, 1.54) is 10.9 Å².